The molecule has 0 atom stereocenters. The first-order valence-electron chi connectivity index (χ1n) is 9.04. The Bertz CT molecular complexity index is 806. The molecule has 2 aromatic carbocycles. The Kier molecular flexibility index (Phi) is 8.29. The van der Waals surface area contributed by atoms with Gasteiger partial charge in [-0.05, 0) is 36.2 Å². The second-order valence-corrected chi connectivity index (χ2v) is 7.89. The van der Waals surface area contributed by atoms with E-state index in [1.807, 2.05) is 30.3 Å². The van der Waals surface area contributed by atoms with Crippen LogP contribution in [0, 0.1) is 0 Å². The summed E-state index contributed by atoms with van der Waals surface area (Å²) in [5.41, 5.74) is 0.881. The Morgan fingerprint density at radius 2 is 1.70 bits per heavy atom. The number of hydrogen-bond acceptors (Lipinski definition) is 4. The summed E-state index contributed by atoms with van der Waals surface area (Å²) in [7, 11) is -3.61. The highest BCUT2D eigenvalue weighted by atomic mass is 32.2. The van der Waals surface area contributed by atoms with E-state index < -0.39 is 10.0 Å². The Labute approximate surface area is 161 Å². The van der Waals surface area contributed by atoms with Gasteiger partial charge < -0.3 is 10.1 Å². The van der Waals surface area contributed by atoms with Crippen LogP contribution in [0.15, 0.2) is 59.5 Å². The van der Waals surface area contributed by atoms with E-state index in [1.165, 1.54) is 12.1 Å². The van der Waals surface area contributed by atoms with E-state index in [1.54, 1.807) is 12.1 Å². The van der Waals surface area contributed by atoms with Gasteiger partial charge in [-0.15, -0.1) is 0 Å². The van der Waals surface area contributed by atoms with Gasteiger partial charge >= 0.3 is 0 Å². The van der Waals surface area contributed by atoms with Gasteiger partial charge in [0, 0.05) is 13.1 Å². The fraction of sp³-hybridized carbons (Fsp3) is 0.350. The molecular weight excluding hydrogens is 364 g/mol. The second-order valence-electron chi connectivity index (χ2n) is 6.13. The maximum Gasteiger partial charge on any atom is 0.257 e. The predicted molar refractivity (Wildman–Crippen MR) is 105 cm³/mol. The fourth-order valence-corrected chi connectivity index (χ4v) is 3.39. The molecule has 0 aromatic heterocycles. The number of sulfonamides is 1. The number of ether oxygens (including phenoxy) is 1. The van der Waals surface area contributed by atoms with Crippen molar-refractivity contribution in [3.63, 3.8) is 0 Å². The summed E-state index contributed by atoms with van der Waals surface area (Å²) in [5.74, 6) is 0.257. The van der Waals surface area contributed by atoms with E-state index in [2.05, 4.69) is 17.0 Å². The van der Waals surface area contributed by atoms with Crippen LogP contribution >= 0.6 is 0 Å². The third-order valence-corrected chi connectivity index (χ3v) is 5.33. The number of rotatable bonds is 11. The van der Waals surface area contributed by atoms with Crippen molar-refractivity contribution in [2.45, 2.75) is 37.6 Å². The molecule has 1 amide bonds. The van der Waals surface area contributed by atoms with E-state index >= 15 is 0 Å². The summed E-state index contributed by atoms with van der Waals surface area (Å²) >= 11 is 0. The van der Waals surface area contributed by atoms with Gasteiger partial charge in [0.2, 0.25) is 10.0 Å². The van der Waals surface area contributed by atoms with Crippen molar-refractivity contribution in [1.29, 1.82) is 0 Å². The Balaban J connectivity index is 1.82. The molecule has 2 aromatic rings. The van der Waals surface area contributed by atoms with Gasteiger partial charge in [0.25, 0.3) is 5.91 Å². The normalized spacial score (nSPS) is 11.1. The standard InChI is InChI=1S/C20H26N2O4S/c1-2-3-7-14-21-20(23)16-26-18-10-12-19(13-11-18)27(24,25)22-15-17-8-5-4-6-9-17/h4-6,8-13,22H,2-3,7,14-16H2,1H3,(H,21,23). The number of hydrogen-bond donors (Lipinski definition) is 2. The zero-order valence-corrected chi connectivity index (χ0v) is 16.3. The highest BCUT2D eigenvalue weighted by Crippen LogP contribution is 2.16. The highest BCUT2D eigenvalue weighted by molar-refractivity contribution is 7.89. The molecular formula is C20H26N2O4S. The number of benzene rings is 2. The van der Waals surface area contributed by atoms with Crippen LogP contribution in [-0.2, 0) is 21.4 Å². The quantitative estimate of drug-likeness (QED) is 0.578. The van der Waals surface area contributed by atoms with Crippen molar-refractivity contribution in [2.24, 2.45) is 0 Å². The SMILES string of the molecule is CCCCCNC(=O)COc1ccc(S(=O)(=O)NCc2ccccc2)cc1. The number of carbonyl (C=O) groups is 1. The van der Waals surface area contributed by atoms with Gasteiger partial charge in [0.1, 0.15) is 5.75 Å². The van der Waals surface area contributed by atoms with Crippen molar-refractivity contribution in [3.05, 3.63) is 60.2 Å². The third-order valence-electron chi connectivity index (χ3n) is 3.92. The average molecular weight is 391 g/mol. The van der Waals surface area contributed by atoms with Crippen molar-refractivity contribution in [1.82, 2.24) is 10.0 Å². The fourth-order valence-electron chi connectivity index (χ4n) is 2.38. The molecule has 27 heavy (non-hydrogen) atoms. The molecule has 0 saturated carbocycles. The van der Waals surface area contributed by atoms with Crippen LogP contribution in [0.5, 0.6) is 5.75 Å². The summed E-state index contributed by atoms with van der Waals surface area (Å²) in [6.45, 7) is 2.87. The van der Waals surface area contributed by atoms with Gasteiger partial charge in [-0.3, -0.25) is 4.79 Å². The van der Waals surface area contributed by atoms with Gasteiger partial charge in [-0.1, -0.05) is 50.1 Å². The van der Waals surface area contributed by atoms with Gasteiger partial charge in [0.15, 0.2) is 6.61 Å². The smallest absolute Gasteiger partial charge is 0.257 e. The first-order valence-corrected chi connectivity index (χ1v) is 10.5. The molecule has 0 heterocycles. The van der Waals surface area contributed by atoms with E-state index in [-0.39, 0.29) is 24.0 Å². The molecule has 0 unspecified atom stereocenters. The second kappa shape index (κ2) is 10.7. The zero-order chi connectivity index (χ0) is 19.5. The minimum absolute atomic E-state index is 0.0928. The maximum absolute atomic E-state index is 12.3. The highest BCUT2D eigenvalue weighted by Gasteiger charge is 2.13. The van der Waals surface area contributed by atoms with Crippen LogP contribution in [0.4, 0.5) is 0 Å². The first kappa shape index (κ1) is 20.9. The molecule has 7 heteroatoms. The van der Waals surface area contributed by atoms with Gasteiger partial charge in [-0.25, -0.2) is 13.1 Å². The molecule has 0 spiro atoms. The minimum atomic E-state index is -3.61. The molecule has 0 aliphatic carbocycles. The van der Waals surface area contributed by atoms with Crippen LogP contribution < -0.4 is 14.8 Å². The van der Waals surface area contributed by atoms with Crippen molar-refractivity contribution in [2.75, 3.05) is 13.2 Å². The Morgan fingerprint density at radius 3 is 2.37 bits per heavy atom. The van der Waals surface area contributed by atoms with Crippen LogP contribution in [0.2, 0.25) is 0 Å². The van der Waals surface area contributed by atoms with Crippen molar-refractivity contribution < 1.29 is 17.9 Å². The lowest BCUT2D eigenvalue weighted by Gasteiger charge is -2.09. The van der Waals surface area contributed by atoms with Crippen LogP contribution in [0.1, 0.15) is 31.7 Å². The molecule has 0 aliphatic heterocycles. The van der Waals surface area contributed by atoms with Crippen molar-refractivity contribution >= 4 is 15.9 Å². The zero-order valence-electron chi connectivity index (χ0n) is 15.5. The van der Waals surface area contributed by atoms with Gasteiger partial charge in [0.05, 0.1) is 4.90 Å². The molecule has 146 valence electrons. The lowest BCUT2D eigenvalue weighted by atomic mass is 10.2. The monoisotopic (exact) mass is 390 g/mol. The summed E-state index contributed by atoms with van der Waals surface area (Å²) in [6.07, 6.45) is 3.13. The minimum Gasteiger partial charge on any atom is -0.484 e. The summed E-state index contributed by atoms with van der Waals surface area (Å²) in [5, 5.41) is 2.79. The molecule has 0 aliphatic rings. The summed E-state index contributed by atoms with van der Waals surface area (Å²) in [6, 6.07) is 15.3. The summed E-state index contributed by atoms with van der Waals surface area (Å²) < 4.78 is 32.6. The molecule has 0 saturated heterocycles. The van der Waals surface area contributed by atoms with E-state index in [0.29, 0.717) is 12.3 Å². The molecule has 0 bridgehead atoms. The third kappa shape index (κ3) is 7.40. The summed E-state index contributed by atoms with van der Waals surface area (Å²) in [4.78, 5) is 11.8. The number of nitrogens with one attached hydrogen (secondary N) is 2. The van der Waals surface area contributed by atoms with E-state index in [9.17, 15) is 13.2 Å². The number of carbonyl (C=O) groups excluding carboxylic acids is 1. The molecule has 2 rings (SSSR count). The van der Waals surface area contributed by atoms with Crippen LogP contribution in [0.3, 0.4) is 0 Å². The van der Waals surface area contributed by atoms with E-state index in [0.717, 1.165) is 24.8 Å². The van der Waals surface area contributed by atoms with Crippen molar-refractivity contribution in [3.8, 4) is 5.75 Å². The van der Waals surface area contributed by atoms with Crippen LogP contribution in [-0.4, -0.2) is 27.5 Å². The largest absolute Gasteiger partial charge is 0.484 e. The lowest BCUT2D eigenvalue weighted by molar-refractivity contribution is -0.123. The van der Waals surface area contributed by atoms with E-state index in [4.69, 9.17) is 4.74 Å². The molecule has 0 radical (unpaired) electrons. The van der Waals surface area contributed by atoms with Gasteiger partial charge in [-0.2, -0.15) is 0 Å². The molecule has 6 nitrogen and oxygen atoms in total. The average Bonchev–Trinajstić information content (AvgIpc) is 2.69. The lowest BCUT2D eigenvalue weighted by Crippen LogP contribution is -2.29. The predicted octanol–water partition coefficient (Wildman–Crippen LogP) is 2.85. The Hall–Kier alpha value is -2.38. The molecule has 0 fully saturated rings. The number of amides is 1. The maximum atomic E-state index is 12.3. The number of unbranched alkanes of at least 4 members (excludes halogenated alkanes) is 2. The van der Waals surface area contributed by atoms with Crippen LogP contribution in [0.25, 0.3) is 0 Å². The topological polar surface area (TPSA) is 84.5 Å². The Morgan fingerprint density at radius 1 is 1.00 bits per heavy atom. The molecule has 2 N–H and O–H groups in total. The first-order chi connectivity index (χ1) is 13.0.